The molecular weight excluding hydrogens is 282 g/mol. The van der Waals surface area contributed by atoms with E-state index in [1.165, 1.54) is 31.4 Å². The van der Waals surface area contributed by atoms with Gasteiger partial charge < -0.3 is 11.1 Å². The van der Waals surface area contributed by atoms with Gasteiger partial charge in [-0.2, -0.15) is 0 Å². The van der Waals surface area contributed by atoms with Gasteiger partial charge in [-0.3, -0.25) is 14.9 Å². The molecule has 0 spiro atoms. The van der Waals surface area contributed by atoms with Crippen LogP contribution in [0.2, 0.25) is 0 Å². The number of nitro benzene ring substituents is 1. The fourth-order valence-electron chi connectivity index (χ4n) is 3.12. The molecule has 0 aliphatic heterocycles. The van der Waals surface area contributed by atoms with Gasteiger partial charge in [0.2, 0.25) is 0 Å². The maximum absolute atomic E-state index is 12.5. The van der Waals surface area contributed by atoms with Gasteiger partial charge in [0.05, 0.1) is 4.92 Å². The number of rotatable bonds is 5. The van der Waals surface area contributed by atoms with E-state index >= 15 is 0 Å². The number of carbonyl (C=O) groups excluding carboxylic acids is 1. The van der Waals surface area contributed by atoms with Crippen molar-refractivity contribution >= 4 is 11.6 Å². The van der Waals surface area contributed by atoms with Gasteiger partial charge in [-0.25, -0.2) is 0 Å². The maximum Gasteiger partial charge on any atom is 0.270 e. The van der Waals surface area contributed by atoms with Gasteiger partial charge in [0.1, 0.15) is 0 Å². The van der Waals surface area contributed by atoms with Crippen LogP contribution in [-0.4, -0.2) is 23.4 Å². The highest BCUT2D eigenvalue weighted by molar-refractivity contribution is 5.96. The second-order valence-corrected chi connectivity index (χ2v) is 5.97. The van der Waals surface area contributed by atoms with Crippen LogP contribution in [0, 0.1) is 23.0 Å². The predicted octanol–water partition coefficient (Wildman–Crippen LogP) is 2.54. The van der Waals surface area contributed by atoms with Gasteiger partial charge in [-0.05, 0) is 31.2 Å². The van der Waals surface area contributed by atoms with Crippen LogP contribution >= 0.6 is 0 Å². The summed E-state index contributed by atoms with van der Waals surface area (Å²) in [6.07, 6.45) is 5.75. The number of nitrogens with zero attached hydrogens (tertiary/aromatic N) is 1. The summed E-state index contributed by atoms with van der Waals surface area (Å²) in [6.45, 7) is 2.17. The van der Waals surface area contributed by atoms with E-state index in [1.807, 2.05) is 0 Å². The number of non-ortho nitro benzene ring substituents is 1. The van der Waals surface area contributed by atoms with Crippen molar-refractivity contribution in [3.05, 3.63) is 39.4 Å². The number of nitro groups is 1. The number of hydrogen-bond donors (Lipinski definition) is 2. The summed E-state index contributed by atoms with van der Waals surface area (Å²) in [7, 11) is 0. The number of nitrogens with two attached hydrogens (primary N) is 1. The van der Waals surface area contributed by atoms with Crippen molar-refractivity contribution < 1.29 is 9.72 Å². The van der Waals surface area contributed by atoms with Crippen molar-refractivity contribution in [3.8, 4) is 0 Å². The second kappa shape index (κ2) is 7.35. The Labute approximate surface area is 130 Å². The maximum atomic E-state index is 12.5. The molecule has 0 saturated heterocycles. The van der Waals surface area contributed by atoms with E-state index < -0.39 is 4.92 Å². The van der Waals surface area contributed by atoms with Crippen LogP contribution < -0.4 is 11.1 Å². The average molecular weight is 305 g/mol. The van der Waals surface area contributed by atoms with Crippen molar-refractivity contribution in [1.29, 1.82) is 0 Å². The molecule has 120 valence electrons. The minimum atomic E-state index is -0.488. The van der Waals surface area contributed by atoms with E-state index in [4.69, 9.17) is 5.73 Å². The van der Waals surface area contributed by atoms with Gasteiger partial charge in [0.25, 0.3) is 11.6 Å². The SMILES string of the molecule is Cc1ccc([N+](=O)[O-])cc1C(=O)NC(CN)C1CCCCC1. The molecular formula is C16H23N3O3. The van der Waals surface area contributed by atoms with E-state index in [1.54, 1.807) is 13.0 Å². The van der Waals surface area contributed by atoms with E-state index in [9.17, 15) is 14.9 Å². The molecule has 1 aromatic rings. The molecule has 1 aromatic carbocycles. The summed E-state index contributed by atoms with van der Waals surface area (Å²) in [5, 5.41) is 13.8. The smallest absolute Gasteiger partial charge is 0.270 e. The molecule has 0 bridgehead atoms. The molecule has 1 atom stereocenters. The number of benzene rings is 1. The Hall–Kier alpha value is -1.95. The Balaban J connectivity index is 2.13. The number of aryl methyl sites for hydroxylation is 1. The predicted molar refractivity (Wildman–Crippen MR) is 84.7 cm³/mol. The molecule has 0 radical (unpaired) electrons. The highest BCUT2D eigenvalue weighted by Crippen LogP contribution is 2.26. The van der Waals surface area contributed by atoms with Gasteiger partial charge in [0, 0.05) is 30.3 Å². The van der Waals surface area contributed by atoms with Crippen LogP contribution in [0.1, 0.15) is 48.0 Å². The molecule has 1 aliphatic rings. The summed E-state index contributed by atoms with van der Waals surface area (Å²) < 4.78 is 0. The number of nitrogens with one attached hydrogen (secondary N) is 1. The van der Waals surface area contributed by atoms with Crippen molar-refractivity contribution in [2.45, 2.75) is 45.1 Å². The van der Waals surface area contributed by atoms with Gasteiger partial charge in [0.15, 0.2) is 0 Å². The van der Waals surface area contributed by atoms with Crippen LogP contribution in [0.5, 0.6) is 0 Å². The lowest BCUT2D eigenvalue weighted by Gasteiger charge is -2.30. The highest BCUT2D eigenvalue weighted by atomic mass is 16.6. The van der Waals surface area contributed by atoms with Crippen LogP contribution in [0.15, 0.2) is 18.2 Å². The zero-order chi connectivity index (χ0) is 16.1. The van der Waals surface area contributed by atoms with E-state index in [-0.39, 0.29) is 17.6 Å². The number of carbonyl (C=O) groups is 1. The highest BCUT2D eigenvalue weighted by Gasteiger charge is 2.25. The molecule has 1 fully saturated rings. The minimum absolute atomic E-state index is 0.0635. The third kappa shape index (κ3) is 3.82. The first kappa shape index (κ1) is 16.4. The van der Waals surface area contributed by atoms with Crippen molar-refractivity contribution in [2.24, 2.45) is 11.7 Å². The van der Waals surface area contributed by atoms with E-state index in [0.717, 1.165) is 18.4 Å². The topological polar surface area (TPSA) is 98.3 Å². The summed E-state index contributed by atoms with van der Waals surface area (Å²) in [5.41, 5.74) is 6.83. The van der Waals surface area contributed by atoms with Crippen LogP contribution in [-0.2, 0) is 0 Å². The zero-order valence-corrected chi connectivity index (χ0v) is 12.9. The molecule has 1 unspecified atom stereocenters. The Kier molecular flexibility index (Phi) is 5.49. The fraction of sp³-hybridized carbons (Fsp3) is 0.562. The average Bonchev–Trinajstić information content (AvgIpc) is 2.53. The Morgan fingerprint density at radius 2 is 2.09 bits per heavy atom. The molecule has 1 amide bonds. The standard InChI is InChI=1S/C16H23N3O3/c1-11-7-8-13(19(21)22)9-14(11)16(20)18-15(10-17)12-5-3-2-4-6-12/h7-9,12,15H,2-6,10,17H2,1H3,(H,18,20). The fourth-order valence-corrected chi connectivity index (χ4v) is 3.12. The largest absolute Gasteiger partial charge is 0.348 e. The Morgan fingerprint density at radius 3 is 2.68 bits per heavy atom. The third-order valence-electron chi connectivity index (χ3n) is 4.47. The van der Waals surface area contributed by atoms with Crippen molar-refractivity contribution in [3.63, 3.8) is 0 Å². The van der Waals surface area contributed by atoms with E-state index in [2.05, 4.69) is 5.32 Å². The first-order chi connectivity index (χ1) is 10.5. The quantitative estimate of drug-likeness (QED) is 0.645. The molecule has 6 heteroatoms. The molecule has 6 nitrogen and oxygen atoms in total. The van der Waals surface area contributed by atoms with Gasteiger partial charge >= 0.3 is 0 Å². The summed E-state index contributed by atoms with van der Waals surface area (Å²) in [4.78, 5) is 22.8. The van der Waals surface area contributed by atoms with Gasteiger partial charge in [-0.15, -0.1) is 0 Å². The summed E-state index contributed by atoms with van der Waals surface area (Å²) >= 11 is 0. The molecule has 0 aromatic heterocycles. The van der Waals surface area contributed by atoms with Gasteiger partial charge in [-0.1, -0.05) is 25.3 Å². The molecule has 1 aliphatic carbocycles. The lowest BCUT2D eigenvalue weighted by molar-refractivity contribution is -0.384. The van der Waals surface area contributed by atoms with Crippen molar-refractivity contribution in [2.75, 3.05) is 6.54 Å². The lowest BCUT2D eigenvalue weighted by Crippen LogP contribution is -2.46. The van der Waals surface area contributed by atoms with Crippen LogP contribution in [0.4, 0.5) is 5.69 Å². The zero-order valence-electron chi connectivity index (χ0n) is 12.9. The first-order valence-electron chi connectivity index (χ1n) is 7.79. The Morgan fingerprint density at radius 1 is 1.41 bits per heavy atom. The molecule has 3 N–H and O–H groups in total. The normalized spacial score (nSPS) is 17.0. The Bertz CT molecular complexity index is 554. The second-order valence-electron chi connectivity index (χ2n) is 5.97. The minimum Gasteiger partial charge on any atom is -0.348 e. The molecule has 2 rings (SSSR count). The van der Waals surface area contributed by atoms with E-state index in [0.29, 0.717) is 18.0 Å². The third-order valence-corrected chi connectivity index (χ3v) is 4.47. The number of hydrogen-bond acceptors (Lipinski definition) is 4. The first-order valence-corrected chi connectivity index (χ1v) is 7.79. The summed E-state index contributed by atoms with van der Waals surface area (Å²) in [5.74, 6) is 0.129. The van der Waals surface area contributed by atoms with Crippen LogP contribution in [0.25, 0.3) is 0 Å². The van der Waals surface area contributed by atoms with Crippen LogP contribution in [0.3, 0.4) is 0 Å². The molecule has 0 heterocycles. The molecule has 22 heavy (non-hydrogen) atoms. The van der Waals surface area contributed by atoms with Crippen molar-refractivity contribution in [1.82, 2.24) is 5.32 Å². The monoisotopic (exact) mass is 305 g/mol. The lowest BCUT2D eigenvalue weighted by atomic mass is 9.83. The number of amides is 1. The summed E-state index contributed by atoms with van der Waals surface area (Å²) in [6, 6.07) is 4.28. The molecule has 1 saturated carbocycles.